The molecule has 2 amide bonds. The number of nitrogens with zero attached hydrogens (tertiary/aromatic N) is 4. The van der Waals surface area contributed by atoms with E-state index in [1.54, 1.807) is 9.58 Å². The summed E-state index contributed by atoms with van der Waals surface area (Å²) >= 11 is 1.50. The predicted molar refractivity (Wildman–Crippen MR) is 140 cm³/mol. The van der Waals surface area contributed by atoms with Gasteiger partial charge in [-0.25, -0.2) is 4.68 Å². The summed E-state index contributed by atoms with van der Waals surface area (Å²) in [5, 5.41) is 15.4. The van der Waals surface area contributed by atoms with Gasteiger partial charge in [-0.15, -0.1) is 5.10 Å². The highest BCUT2D eigenvalue weighted by atomic mass is 32.1. The Balaban J connectivity index is 1.52. The van der Waals surface area contributed by atoms with Crippen molar-refractivity contribution in [2.24, 2.45) is 0 Å². The first kappa shape index (κ1) is 24.0. The Labute approximate surface area is 213 Å². The Kier molecular flexibility index (Phi) is 7.27. The Morgan fingerprint density at radius 2 is 1.92 bits per heavy atom. The highest BCUT2D eigenvalue weighted by Crippen LogP contribution is 2.32. The first-order valence-corrected chi connectivity index (χ1v) is 13.2. The fourth-order valence-corrected chi connectivity index (χ4v) is 5.42. The van der Waals surface area contributed by atoms with Crippen LogP contribution in [0.3, 0.4) is 0 Å². The smallest absolute Gasteiger partial charge is 0.249 e. The fourth-order valence-electron chi connectivity index (χ4n) is 4.74. The second-order valence-corrected chi connectivity index (χ2v) is 9.66. The minimum Gasteiger partial charge on any atom is -0.494 e. The van der Waals surface area contributed by atoms with E-state index in [4.69, 9.17) is 4.74 Å². The van der Waals surface area contributed by atoms with Gasteiger partial charge in [0.25, 0.3) is 0 Å². The molecule has 2 aromatic heterocycles. The van der Waals surface area contributed by atoms with Crippen molar-refractivity contribution in [2.75, 3.05) is 11.5 Å². The zero-order valence-electron chi connectivity index (χ0n) is 20.2. The van der Waals surface area contributed by atoms with Crippen molar-refractivity contribution < 1.29 is 14.3 Å². The molecule has 2 heterocycles. The number of ether oxygens (including phenoxy) is 1. The third-order valence-corrected chi connectivity index (χ3v) is 7.17. The zero-order chi connectivity index (χ0) is 24.9. The normalized spacial score (nSPS) is 14.6. The summed E-state index contributed by atoms with van der Waals surface area (Å²) in [5.74, 6) is 0.275. The summed E-state index contributed by atoms with van der Waals surface area (Å²) in [6.45, 7) is 2.42. The maximum atomic E-state index is 14.0. The van der Waals surface area contributed by atoms with Gasteiger partial charge in [0.05, 0.1) is 12.1 Å². The third-order valence-electron chi connectivity index (χ3n) is 6.47. The number of para-hydroxylation sites is 1. The van der Waals surface area contributed by atoms with Gasteiger partial charge < -0.3 is 10.1 Å². The van der Waals surface area contributed by atoms with Crippen LogP contribution in [0.1, 0.15) is 44.2 Å². The van der Waals surface area contributed by atoms with E-state index in [0.717, 1.165) is 36.8 Å². The van der Waals surface area contributed by atoms with E-state index in [2.05, 4.69) is 15.6 Å². The molecular formula is C27H29N5O3S. The summed E-state index contributed by atoms with van der Waals surface area (Å²) in [6.07, 6.45) is 4.14. The second kappa shape index (κ2) is 10.9. The van der Waals surface area contributed by atoms with E-state index < -0.39 is 6.04 Å². The summed E-state index contributed by atoms with van der Waals surface area (Å²) in [7, 11) is 0. The van der Waals surface area contributed by atoms with Gasteiger partial charge in [-0.3, -0.25) is 14.5 Å². The summed E-state index contributed by atoms with van der Waals surface area (Å²) in [5.41, 5.74) is 2.87. The van der Waals surface area contributed by atoms with Crippen molar-refractivity contribution in [1.29, 1.82) is 0 Å². The second-order valence-electron chi connectivity index (χ2n) is 8.88. The lowest BCUT2D eigenvalue weighted by molar-refractivity contribution is -0.127. The number of amides is 2. The molecule has 1 aliphatic rings. The number of hydrogen-bond acceptors (Lipinski definition) is 6. The highest BCUT2D eigenvalue weighted by Gasteiger charge is 2.35. The summed E-state index contributed by atoms with van der Waals surface area (Å²) in [6, 6.07) is 16.0. The lowest BCUT2D eigenvalue weighted by Gasteiger charge is -2.32. The maximum Gasteiger partial charge on any atom is 0.249 e. The van der Waals surface area contributed by atoms with Gasteiger partial charge in [0.2, 0.25) is 11.8 Å². The highest BCUT2D eigenvalue weighted by molar-refractivity contribution is 7.08. The Morgan fingerprint density at radius 1 is 1.14 bits per heavy atom. The number of nitrogens with one attached hydrogen (secondary N) is 1. The van der Waals surface area contributed by atoms with Gasteiger partial charge in [0, 0.05) is 11.7 Å². The summed E-state index contributed by atoms with van der Waals surface area (Å²) < 4.78 is 7.18. The Morgan fingerprint density at radius 3 is 2.64 bits per heavy atom. The molecule has 0 saturated heterocycles. The van der Waals surface area contributed by atoms with Crippen LogP contribution in [0.15, 0.2) is 65.4 Å². The van der Waals surface area contributed by atoms with E-state index >= 15 is 0 Å². The van der Waals surface area contributed by atoms with Crippen molar-refractivity contribution in [1.82, 2.24) is 20.3 Å². The van der Waals surface area contributed by atoms with E-state index in [9.17, 15) is 9.59 Å². The van der Waals surface area contributed by atoms with Crippen LogP contribution in [0.2, 0.25) is 0 Å². The topological polar surface area (TPSA) is 89.3 Å². The van der Waals surface area contributed by atoms with Crippen molar-refractivity contribution >= 4 is 39.9 Å². The van der Waals surface area contributed by atoms with Crippen LogP contribution < -0.4 is 15.0 Å². The number of thiophene rings is 1. The van der Waals surface area contributed by atoms with Crippen LogP contribution in [0.25, 0.3) is 11.0 Å². The number of aromatic nitrogens is 3. The lowest BCUT2D eigenvalue weighted by atomic mass is 10.1. The van der Waals surface area contributed by atoms with Gasteiger partial charge in [0.1, 0.15) is 23.9 Å². The molecular weight excluding hydrogens is 474 g/mol. The molecule has 9 heteroatoms. The van der Waals surface area contributed by atoms with Gasteiger partial charge in [-0.05, 0) is 78.6 Å². The minimum absolute atomic E-state index is 0.0505. The van der Waals surface area contributed by atoms with Crippen molar-refractivity contribution in [2.45, 2.75) is 51.2 Å². The van der Waals surface area contributed by atoms with Crippen LogP contribution >= 0.6 is 11.3 Å². The van der Waals surface area contributed by atoms with Crippen molar-refractivity contribution in [3.05, 3.63) is 70.9 Å². The van der Waals surface area contributed by atoms with E-state index in [1.165, 1.54) is 11.3 Å². The Bertz CT molecular complexity index is 1310. The molecule has 36 heavy (non-hydrogen) atoms. The molecule has 0 bridgehead atoms. The fraction of sp³-hybridized carbons (Fsp3) is 0.333. The average molecular weight is 504 g/mol. The van der Waals surface area contributed by atoms with Crippen molar-refractivity contribution in [3.8, 4) is 5.75 Å². The van der Waals surface area contributed by atoms with Gasteiger partial charge in [-0.1, -0.05) is 30.2 Å². The lowest BCUT2D eigenvalue weighted by Crippen LogP contribution is -2.47. The average Bonchev–Trinajstić information content (AvgIpc) is 3.67. The maximum absolute atomic E-state index is 14.0. The van der Waals surface area contributed by atoms with Crippen LogP contribution in [0.5, 0.6) is 5.75 Å². The molecule has 0 spiro atoms. The number of benzene rings is 2. The van der Waals surface area contributed by atoms with Gasteiger partial charge in [-0.2, -0.15) is 11.3 Å². The molecule has 8 nitrogen and oxygen atoms in total. The molecule has 0 radical (unpaired) electrons. The minimum atomic E-state index is -0.808. The van der Waals surface area contributed by atoms with Crippen LogP contribution in [0, 0.1) is 0 Å². The molecule has 5 rings (SSSR count). The number of fused-ring (bicyclic) bond motifs is 1. The monoisotopic (exact) mass is 503 g/mol. The molecule has 1 fully saturated rings. The third kappa shape index (κ3) is 5.11. The first-order valence-electron chi connectivity index (χ1n) is 12.3. The van der Waals surface area contributed by atoms with Crippen LogP contribution in [0.4, 0.5) is 5.69 Å². The van der Waals surface area contributed by atoms with E-state index in [0.29, 0.717) is 23.6 Å². The number of anilines is 1. The molecule has 1 saturated carbocycles. The van der Waals surface area contributed by atoms with Crippen LogP contribution in [-0.2, 0) is 16.1 Å². The SMILES string of the molecule is CCOc1ccc(N(C(=O)Cn2nnc3ccccc32)C(C(=O)NC2CCCC2)c2ccsc2)cc1. The number of carbonyl (C=O) groups excluding carboxylic acids is 2. The molecule has 4 aromatic rings. The largest absolute Gasteiger partial charge is 0.494 e. The number of carbonyl (C=O) groups is 2. The molecule has 0 aliphatic heterocycles. The van der Waals surface area contributed by atoms with Gasteiger partial charge in [0.15, 0.2) is 0 Å². The Hall–Kier alpha value is -3.72. The van der Waals surface area contributed by atoms with Gasteiger partial charge >= 0.3 is 0 Å². The molecule has 2 aromatic carbocycles. The molecule has 1 aliphatic carbocycles. The quantitative estimate of drug-likeness (QED) is 0.357. The summed E-state index contributed by atoms with van der Waals surface area (Å²) in [4.78, 5) is 29.3. The standard InChI is InChI=1S/C27H29N5O3S/c1-2-35-22-13-11-21(12-14-22)32(25(33)17-31-24-10-6-5-9-23(24)29-30-31)26(19-15-16-36-18-19)27(34)28-20-7-3-4-8-20/h5-6,9-16,18,20,26H,2-4,7-8,17H2,1H3,(H,28,34). The van der Waals surface area contributed by atoms with Crippen molar-refractivity contribution in [3.63, 3.8) is 0 Å². The predicted octanol–water partition coefficient (Wildman–Crippen LogP) is 4.72. The first-order chi connectivity index (χ1) is 17.6. The number of hydrogen-bond donors (Lipinski definition) is 1. The van der Waals surface area contributed by atoms with Crippen LogP contribution in [-0.4, -0.2) is 39.5 Å². The zero-order valence-corrected chi connectivity index (χ0v) is 21.0. The molecule has 1 N–H and O–H groups in total. The molecule has 186 valence electrons. The van der Waals surface area contributed by atoms with E-state index in [-0.39, 0.29) is 24.4 Å². The van der Waals surface area contributed by atoms with E-state index in [1.807, 2.05) is 72.3 Å². The molecule has 1 unspecified atom stereocenters. The number of rotatable bonds is 9. The molecule has 1 atom stereocenters.